The standard InChI is InChI=1S/C14H22N2.H2S/c1-15(2)14-9-6-10-16(12-14)11-13-7-4-3-5-8-13;/h3-5,7-8,14H,6,9-12H2,1-2H3;1H2/t14-;/m1./s1. The molecule has 2 rings (SSSR count). The van der Waals surface area contributed by atoms with Crippen LogP contribution < -0.4 is 0 Å². The van der Waals surface area contributed by atoms with Gasteiger partial charge in [0.05, 0.1) is 0 Å². The van der Waals surface area contributed by atoms with Gasteiger partial charge in [0.1, 0.15) is 0 Å². The molecule has 1 fully saturated rings. The largest absolute Gasteiger partial charge is 0.305 e. The van der Waals surface area contributed by atoms with Crippen LogP contribution in [-0.4, -0.2) is 43.0 Å². The molecule has 1 heterocycles. The van der Waals surface area contributed by atoms with E-state index in [1.807, 2.05) is 0 Å². The molecule has 1 aliphatic rings. The lowest BCUT2D eigenvalue weighted by Gasteiger charge is -2.36. The number of nitrogens with zero attached hydrogens (tertiary/aromatic N) is 2. The zero-order valence-electron chi connectivity index (χ0n) is 10.9. The van der Waals surface area contributed by atoms with Crippen LogP contribution in [0.25, 0.3) is 0 Å². The lowest BCUT2D eigenvalue weighted by molar-refractivity contribution is 0.128. The van der Waals surface area contributed by atoms with Crippen molar-refractivity contribution in [3.8, 4) is 0 Å². The SMILES string of the molecule is CN(C)[C@@H]1CCCN(Cc2ccccc2)C1.S. The molecule has 0 amide bonds. The van der Waals surface area contributed by atoms with Crippen molar-refractivity contribution in [2.75, 3.05) is 27.2 Å². The van der Waals surface area contributed by atoms with Crippen molar-refractivity contribution in [3.63, 3.8) is 0 Å². The van der Waals surface area contributed by atoms with E-state index in [9.17, 15) is 0 Å². The van der Waals surface area contributed by atoms with Crippen molar-refractivity contribution in [1.82, 2.24) is 9.80 Å². The fraction of sp³-hybridized carbons (Fsp3) is 0.571. The molecule has 0 unspecified atom stereocenters. The molecule has 2 nitrogen and oxygen atoms in total. The predicted octanol–water partition coefficient (Wildman–Crippen LogP) is 2.33. The Kier molecular flexibility index (Phi) is 6.03. The van der Waals surface area contributed by atoms with Gasteiger partial charge in [-0.15, -0.1) is 0 Å². The Morgan fingerprint density at radius 1 is 1.24 bits per heavy atom. The molecule has 1 aliphatic heterocycles. The van der Waals surface area contributed by atoms with Crippen LogP contribution >= 0.6 is 13.5 Å². The highest BCUT2D eigenvalue weighted by Gasteiger charge is 2.20. The summed E-state index contributed by atoms with van der Waals surface area (Å²) in [5.41, 5.74) is 1.43. The lowest BCUT2D eigenvalue weighted by atomic mass is 10.0. The van der Waals surface area contributed by atoms with Crippen LogP contribution in [0.4, 0.5) is 0 Å². The monoisotopic (exact) mass is 252 g/mol. The summed E-state index contributed by atoms with van der Waals surface area (Å²) < 4.78 is 0. The van der Waals surface area contributed by atoms with E-state index in [0.29, 0.717) is 0 Å². The highest BCUT2D eigenvalue weighted by Crippen LogP contribution is 2.16. The number of piperidine rings is 1. The van der Waals surface area contributed by atoms with E-state index < -0.39 is 0 Å². The summed E-state index contributed by atoms with van der Waals surface area (Å²) in [5, 5.41) is 0. The molecule has 17 heavy (non-hydrogen) atoms. The smallest absolute Gasteiger partial charge is 0.0234 e. The van der Waals surface area contributed by atoms with Crippen molar-refractivity contribution >= 4 is 13.5 Å². The molecule has 0 aromatic heterocycles. The lowest BCUT2D eigenvalue weighted by Crippen LogP contribution is -2.44. The van der Waals surface area contributed by atoms with Gasteiger partial charge in [0.25, 0.3) is 0 Å². The van der Waals surface area contributed by atoms with Crippen LogP contribution in [0.15, 0.2) is 30.3 Å². The number of likely N-dealkylation sites (N-methyl/N-ethyl adjacent to an activating group) is 1. The summed E-state index contributed by atoms with van der Waals surface area (Å²) >= 11 is 0. The molecular formula is C14H24N2S. The van der Waals surface area contributed by atoms with Gasteiger partial charge in [-0.25, -0.2) is 0 Å². The van der Waals surface area contributed by atoms with Crippen LogP contribution in [0.1, 0.15) is 18.4 Å². The van der Waals surface area contributed by atoms with Gasteiger partial charge < -0.3 is 4.90 Å². The van der Waals surface area contributed by atoms with Crippen LogP contribution in [0.3, 0.4) is 0 Å². The number of hydrogen-bond donors (Lipinski definition) is 0. The molecule has 0 spiro atoms. The molecule has 0 aliphatic carbocycles. The van der Waals surface area contributed by atoms with Gasteiger partial charge in [0.15, 0.2) is 0 Å². The second-order valence-corrected chi connectivity index (χ2v) is 4.98. The fourth-order valence-corrected chi connectivity index (χ4v) is 2.44. The highest BCUT2D eigenvalue weighted by atomic mass is 32.1. The first-order valence-corrected chi connectivity index (χ1v) is 6.18. The third kappa shape index (κ3) is 4.34. The molecule has 3 heteroatoms. The van der Waals surface area contributed by atoms with Gasteiger partial charge in [-0.3, -0.25) is 4.90 Å². The van der Waals surface area contributed by atoms with Gasteiger partial charge in [-0.1, -0.05) is 30.3 Å². The van der Waals surface area contributed by atoms with Crippen molar-refractivity contribution in [2.24, 2.45) is 0 Å². The van der Waals surface area contributed by atoms with Crippen molar-refractivity contribution < 1.29 is 0 Å². The molecule has 96 valence electrons. The fourth-order valence-electron chi connectivity index (χ4n) is 2.44. The first-order chi connectivity index (χ1) is 7.75. The second kappa shape index (κ2) is 7.04. The molecule has 1 aromatic rings. The minimum atomic E-state index is 0. The Morgan fingerprint density at radius 3 is 2.59 bits per heavy atom. The third-order valence-electron chi connectivity index (χ3n) is 3.46. The summed E-state index contributed by atoms with van der Waals surface area (Å²) in [6.07, 6.45) is 2.67. The molecule has 0 bridgehead atoms. The molecule has 0 saturated carbocycles. The average molecular weight is 252 g/mol. The maximum Gasteiger partial charge on any atom is 0.0234 e. The molecular weight excluding hydrogens is 228 g/mol. The Labute approximate surface area is 112 Å². The van der Waals surface area contributed by atoms with Gasteiger partial charge >= 0.3 is 0 Å². The van der Waals surface area contributed by atoms with Crippen molar-refractivity contribution in [3.05, 3.63) is 35.9 Å². The average Bonchev–Trinajstić information content (AvgIpc) is 2.30. The molecule has 0 N–H and O–H groups in total. The van der Waals surface area contributed by atoms with Crippen LogP contribution in [0.2, 0.25) is 0 Å². The van der Waals surface area contributed by atoms with Crippen molar-refractivity contribution in [1.29, 1.82) is 0 Å². The Bertz CT molecular complexity index is 313. The number of likely N-dealkylation sites (tertiary alicyclic amines) is 1. The minimum absolute atomic E-state index is 0. The summed E-state index contributed by atoms with van der Waals surface area (Å²) in [6, 6.07) is 11.5. The topological polar surface area (TPSA) is 6.48 Å². The maximum atomic E-state index is 2.57. The minimum Gasteiger partial charge on any atom is -0.305 e. The molecule has 1 atom stereocenters. The molecule has 1 aromatic carbocycles. The zero-order chi connectivity index (χ0) is 11.4. The van der Waals surface area contributed by atoms with Gasteiger partial charge in [0.2, 0.25) is 0 Å². The summed E-state index contributed by atoms with van der Waals surface area (Å²) in [5.74, 6) is 0. The normalized spacial score (nSPS) is 21.2. The summed E-state index contributed by atoms with van der Waals surface area (Å²) in [7, 11) is 4.38. The molecule has 0 radical (unpaired) electrons. The summed E-state index contributed by atoms with van der Waals surface area (Å²) in [6.45, 7) is 3.56. The zero-order valence-corrected chi connectivity index (χ0v) is 11.9. The highest BCUT2D eigenvalue weighted by molar-refractivity contribution is 7.59. The van der Waals surface area contributed by atoms with E-state index >= 15 is 0 Å². The van der Waals surface area contributed by atoms with Gasteiger partial charge in [-0.2, -0.15) is 13.5 Å². The van der Waals surface area contributed by atoms with Crippen molar-refractivity contribution in [2.45, 2.75) is 25.4 Å². The third-order valence-corrected chi connectivity index (χ3v) is 3.46. The second-order valence-electron chi connectivity index (χ2n) is 4.98. The van der Waals surface area contributed by atoms with E-state index in [1.165, 1.54) is 31.5 Å². The van der Waals surface area contributed by atoms with E-state index in [-0.39, 0.29) is 13.5 Å². The number of rotatable bonds is 3. The van der Waals surface area contributed by atoms with Gasteiger partial charge in [0, 0.05) is 19.1 Å². The predicted molar refractivity (Wildman–Crippen MR) is 78.8 cm³/mol. The Morgan fingerprint density at radius 2 is 1.94 bits per heavy atom. The number of hydrogen-bond acceptors (Lipinski definition) is 2. The summed E-state index contributed by atoms with van der Waals surface area (Å²) in [4.78, 5) is 4.93. The number of benzene rings is 1. The van der Waals surface area contributed by atoms with Gasteiger partial charge in [-0.05, 0) is 39.0 Å². The Hall–Kier alpha value is -0.510. The van der Waals surface area contributed by atoms with Crippen LogP contribution in [-0.2, 0) is 6.54 Å². The quantitative estimate of drug-likeness (QED) is 0.814. The first kappa shape index (κ1) is 14.6. The molecule has 1 saturated heterocycles. The van der Waals surface area contributed by atoms with E-state index in [2.05, 4.69) is 54.2 Å². The van der Waals surface area contributed by atoms with E-state index in [1.54, 1.807) is 0 Å². The van der Waals surface area contributed by atoms with Crippen LogP contribution in [0, 0.1) is 0 Å². The first-order valence-electron chi connectivity index (χ1n) is 6.18. The van der Waals surface area contributed by atoms with E-state index in [4.69, 9.17) is 0 Å². The van der Waals surface area contributed by atoms with E-state index in [0.717, 1.165) is 12.6 Å². The maximum absolute atomic E-state index is 2.57. The Balaban J connectivity index is 0.00000144. The van der Waals surface area contributed by atoms with Crippen LogP contribution in [0.5, 0.6) is 0 Å².